The Hall–Kier alpha value is -3.16. The number of hydrogen-bond donors (Lipinski definition) is 0. The summed E-state index contributed by atoms with van der Waals surface area (Å²) in [6.45, 7) is 2.75. The van der Waals surface area contributed by atoms with Crippen LogP contribution in [0.1, 0.15) is 18.1 Å². The van der Waals surface area contributed by atoms with E-state index in [2.05, 4.69) is 0 Å². The van der Waals surface area contributed by atoms with Crippen molar-refractivity contribution in [3.05, 3.63) is 89.5 Å². The molecule has 4 heteroatoms. The van der Waals surface area contributed by atoms with E-state index in [0.29, 0.717) is 12.2 Å². The fourth-order valence-electron chi connectivity index (χ4n) is 2.38. The fraction of sp³-hybridized carbons (Fsp3) is 0.182. The van der Waals surface area contributed by atoms with Crippen LogP contribution in [0.15, 0.2) is 78.4 Å². The highest BCUT2D eigenvalue weighted by molar-refractivity contribution is 6.05. The molecule has 0 radical (unpaired) electrons. The van der Waals surface area contributed by atoms with Gasteiger partial charge in [-0.3, -0.25) is 0 Å². The number of allylic oxidation sites excluding steroid dienone is 1. The molecule has 0 amide bonds. The van der Waals surface area contributed by atoms with Gasteiger partial charge >= 0.3 is 5.97 Å². The highest BCUT2D eigenvalue weighted by atomic mass is 16.6. The Kier molecular flexibility index (Phi) is 7.85. The molecule has 2 aromatic rings. The number of carbonyl (C=O) groups excluding carboxylic acids is 1. The molecule has 2 rings (SSSR count). The average molecular weight is 347 g/mol. The lowest BCUT2D eigenvalue weighted by Gasteiger charge is -2.11. The summed E-state index contributed by atoms with van der Waals surface area (Å²) in [6, 6.07) is 20.7. The second kappa shape index (κ2) is 10.7. The summed E-state index contributed by atoms with van der Waals surface area (Å²) in [7, 11) is 0. The first kappa shape index (κ1) is 19.2. The summed E-state index contributed by atoms with van der Waals surface area (Å²) in [5.74, 6) is -0.648. The molecule has 4 nitrogen and oxygen atoms in total. The van der Waals surface area contributed by atoms with E-state index in [1.165, 1.54) is 0 Å². The second-order valence-corrected chi connectivity index (χ2v) is 5.37. The predicted molar refractivity (Wildman–Crippen MR) is 101 cm³/mol. The quantitative estimate of drug-likeness (QED) is 0.237. The van der Waals surface area contributed by atoms with Gasteiger partial charge < -0.3 is 9.47 Å². The third kappa shape index (κ3) is 5.44. The topological polar surface area (TPSA) is 59.3 Å². The van der Waals surface area contributed by atoms with Crippen molar-refractivity contribution in [2.75, 3.05) is 19.8 Å². The Bertz CT molecular complexity index is 761. The number of esters is 1. The number of rotatable bonds is 8. The highest BCUT2D eigenvalue weighted by Gasteiger charge is 2.19. The average Bonchev–Trinajstić information content (AvgIpc) is 2.69. The molecule has 0 unspecified atom stereocenters. The van der Waals surface area contributed by atoms with E-state index in [1.807, 2.05) is 85.8 Å². The van der Waals surface area contributed by atoms with Crippen LogP contribution in [0.3, 0.4) is 0 Å². The maximum absolute atomic E-state index is 12.5. The summed E-state index contributed by atoms with van der Waals surface area (Å²) >= 11 is 0. The number of benzene rings is 2. The van der Waals surface area contributed by atoms with Gasteiger partial charge in [0.1, 0.15) is 18.2 Å². The minimum absolute atomic E-state index is 0.0177. The van der Waals surface area contributed by atoms with Gasteiger partial charge in [-0.2, -0.15) is 5.26 Å². The summed E-state index contributed by atoms with van der Waals surface area (Å²) in [5, 5.41) is 9.61. The standard InChI is InChI=1S/C22H21NO3/c1-2-3-14-25-15-16-26-22(24)20(17-23)21(18-10-6-4-7-11-18)19-12-8-5-9-13-19/h2-13H,14-16H2,1H3. The molecule has 0 bridgehead atoms. The van der Waals surface area contributed by atoms with Crippen LogP contribution in [-0.4, -0.2) is 25.8 Å². The van der Waals surface area contributed by atoms with Crippen LogP contribution in [0.2, 0.25) is 0 Å². The molecule has 0 atom stereocenters. The number of nitrogens with zero attached hydrogens (tertiary/aromatic N) is 1. The molecule has 0 N–H and O–H groups in total. The van der Waals surface area contributed by atoms with Crippen LogP contribution in [0.4, 0.5) is 0 Å². The summed E-state index contributed by atoms with van der Waals surface area (Å²) in [6.07, 6.45) is 3.75. The predicted octanol–water partition coefficient (Wildman–Crippen LogP) is 4.15. The fourth-order valence-corrected chi connectivity index (χ4v) is 2.38. The van der Waals surface area contributed by atoms with Gasteiger partial charge in [-0.05, 0) is 18.1 Å². The Morgan fingerprint density at radius 1 is 1.00 bits per heavy atom. The first-order chi connectivity index (χ1) is 12.8. The van der Waals surface area contributed by atoms with Crippen LogP contribution in [0.5, 0.6) is 0 Å². The van der Waals surface area contributed by atoms with Gasteiger partial charge in [0.15, 0.2) is 0 Å². The summed E-state index contributed by atoms with van der Waals surface area (Å²) in [4.78, 5) is 12.5. The van der Waals surface area contributed by atoms with Gasteiger partial charge in [0.2, 0.25) is 0 Å². The largest absolute Gasteiger partial charge is 0.459 e. The molecule has 0 aromatic heterocycles. The SMILES string of the molecule is CC=CCOCCOC(=O)C(C#N)=C(c1ccccc1)c1ccccc1. The van der Waals surface area contributed by atoms with Crippen molar-refractivity contribution in [2.45, 2.75) is 6.92 Å². The molecule has 0 aliphatic heterocycles. The van der Waals surface area contributed by atoms with Crippen molar-refractivity contribution < 1.29 is 14.3 Å². The van der Waals surface area contributed by atoms with Crippen molar-refractivity contribution in [1.82, 2.24) is 0 Å². The lowest BCUT2D eigenvalue weighted by molar-refractivity contribution is -0.139. The molecule has 0 aliphatic carbocycles. The van der Waals surface area contributed by atoms with Gasteiger partial charge in [0, 0.05) is 5.57 Å². The molecule has 0 heterocycles. The normalized spacial score (nSPS) is 10.3. The Morgan fingerprint density at radius 3 is 2.08 bits per heavy atom. The number of ether oxygens (including phenoxy) is 2. The van der Waals surface area contributed by atoms with Crippen LogP contribution in [0.25, 0.3) is 5.57 Å². The van der Waals surface area contributed by atoms with Gasteiger partial charge in [0.25, 0.3) is 0 Å². The lowest BCUT2D eigenvalue weighted by Crippen LogP contribution is -2.14. The molecule has 26 heavy (non-hydrogen) atoms. The monoisotopic (exact) mass is 347 g/mol. The minimum atomic E-state index is -0.648. The van der Waals surface area contributed by atoms with E-state index < -0.39 is 5.97 Å². The number of carbonyl (C=O) groups is 1. The maximum atomic E-state index is 12.5. The van der Waals surface area contributed by atoms with Crippen molar-refractivity contribution in [3.63, 3.8) is 0 Å². The molecule has 132 valence electrons. The zero-order valence-corrected chi connectivity index (χ0v) is 14.7. The molecular weight excluding hydrogens is 326 g/mol. The summed E-state index contributed by atoms with van der Waals surface area (Å²) < 4.78 is 10.5. The van der Waals surface area contributed by atoms with Crippen LogP contribution < -0.4 is 0 Å². The first-order valence-corrected chi connectivity index (χ1v) is 8.39. The zero-order chi connectivity index (χ0) is 18.6. The van der Waals surface area contributed by atoms with Gasteiger partial charge in [-0.15, -0.1) is 0 Å². The van der Waals surface area contributed by atoms with Crippen molar-refractivity contribution in [2.24, 2.45) is 0 Å². The highest BCUT2D eigenvalue weighted by Crippen LogP contribution is 2.27. The molecule has 0 spiro atoms. The van der Waals surface area contributed by atoms with Gasteiger partial charge in [-0.25, -0.2) is 4.79 Å². The summed E-state index contributed by atoms with van der Waals surface area (Å²) in [5.41, 5.74) is 2.12. The van der Waals surface area contributed by atoms with E-state index in [0.717, 1.165) is 11.1 Å². The minimum Gasteiger partial charge on any atom is -0.459 e. The molecule has 2 aromatic carbocycles. The molecule has 0 saturated heterocycles. The molecule has 0 saturated carbocycles. The van der Waals surface area contributed by atoms with E-state index in [1.54, 1.807) is 0 Å². The van der Waals surface area contributed by atoms with Crippen LogP contribution >= 0.6 is 0 Å². The Balaban J connectivity index is 2.25. The van der Waals surface area contributed by atoms with E-state index in [4.69, 9.17) is 9.47 Å². The Morgan fingerprint density at radius 2 is 1.58 bits per heavy atom. The van der Waals surface area contributed by atoms with Gasteiger partial charge in [-0.1, -0.05) is 72.8 Å². The third-order valence-electron chi connectivity index (χ3n) is 3.60. The van der Waals surface area contributed by atoms with Crippen LogP contribution in [-0.2, 0) is 14.3 Å². The number of hydrogen-bond acceptors (Lipinski definition) is 4. The maximum Gasteiger partial charge on any atom is 0.349 e. The van der Waals surface area contributed by atoms with Gasteiger partial charge in [0.05, 0.1) is 13.2 Å². The second-order valence-electron chi connectivity index (χ2n) is 5.37. The molecular formula is C22H21NO3. The van der Waals surface area contributed by atoms with E-state index in [-0.39, 0.29) is 18.8 Å². The number of nitriles is 1. The van der Waals surface area contributed by atoms with E-state index in [9.17, 15) is 10.1 Å². The van der Waals surface area contributed by atoms with E-state index >= 15 is 0 Å². The van der Waals surface area contributed by atoms with Crippen molar-refractivity contribution >= 4 is 11.5 Å². The zero-order valence-electron chi connectivity index (χ0n) is 14.7. The first-order valence-electron chi connectivity index (χ1n) is 8.39. The molecule has 0 aliphatic rings. The van der Waals surface area contributed by atoms with Crippen LogP contribution in [0, 0.1) is 11.3 Å². The van der Waals surface area contributed by atoms with Crippen molar-refractivity contribution in [1.29, 1.82) is 5.26 Å². The smallest absolute Gasteiger partial charge is 0.349 e. The third-order valence-corrected chi connectivity index (χ3v) is 3.60. The molecule has 0 fully saturated rings. The Labute approximate surface area is 154 Å². The van der Waals surface area contributed by atoms with Crippen molar-refractivity contribution in [3.8, 4) is 6.07 Å². The lowest BCUT2D eigenvalue weighted by atomic mass is 9.93.